The second kappa shape index (κ2) is 6.67. The summed E-state index contributed by atoms with van der Waals surface area (Å²) in [6, 6.07) is 8.48. The van der Waals surface area contributed by atoms with Gasteiger partial charge < -0.3 is 14.8 Å². The van der Waals surface area contributed by atoms with Gasteiger partial charge in [-0.3, -0.25) is 10.1 Å². The van der Waals surface area contributed by atoms with Crippen LogP contribution in [0.15, 0.2) is 29.8 Å². The number of rotatable bonds is 5. The largest absolute Gasteiger partial charge is 0.494 e. The molecule has 0 aliphatic carbocycles. The molecule has 1 heterocycles. The number of nitrogens with zero attached hydrogens (tertiary/aromatic N) is 3. The van der Waals surface area contributed by atoms with Crippen molar-refractivity contribution in [3.05, 3.63) is 45.5 Å². The second-order valence-corrected chi connectivity index (χ2v) is 4.67. The number of hydrogen-bond donors (Lipinski definition) is 1. The van der Waals surface area contributed by atoms with Crippen molar-refractivity contribution < 1.29 is 14.4 Å². The van der Waals surface area contributed by atoms with Gasteiger partial charge in [-0.25, -0.2) is 0 Å². The molecule has 0 fully saturated rings. The summed E-state index contributed by atoms with van der Waals surface area (Å²) in [4.78, 5) is 10.8. The van der Waals surface area contributed by atoms with Crippen LogP contribution in [0.5, 0.6) is 11.5 Å². The zero-order valence-electron chi connectivity index (χ0n) is 12.6. The Morgan fingerprint density at radius 2 is 2.17 bits per heavy atom. The van der Waals surface area contributed by atoms with E-state index in [0.29, 0.717) is 23.7 Å². The minimum absolute atomic E-state index is 0.0767. The topological polar surface area (TPSA) is 121 Å². The molecule has 0 aromatic heterocycles. The van der Waals surface area contributed by atoms with Gasteiger partial charge >= 0.3 is 5.70 Å². The summed E-state index contributed by atoms with van der Waals surface area (Å²) >= 11 is 0. The van der Waals surface area contributed by atoms with Crippen molar-refractivity contribution >= 4 is 0 Å². The van der Waals surface area contributed by atoms with Gasteiger partial charge in [0, 0.05) is 12.6 Å². The van der Waals surface area contributed by atoms with Gasteiger partial charge in [0.15, 0.2) is 5.92 Å². The van der Waals surface area contributed by atoms with E-state index in [2.05, 4.69) is 5.32 Å². The Morgan fingerprint density at radius 1 is 1.48 bits per heavy atom. The molecule has 1 atom stereocenters. The van der Waals surface area contributed by atoms with Crippen molar-refractivity contribution in [2.24, 2.45) is 5.92 Å². The van der Waals surface area contributed by atoms with Gasteiger partial charge in [-0.1, -0.05) is 0 Å². The second-order valence-electron chi connectivity index (χ2n) is 4.67. The van der Waals surface area contributed by atoms with Gasteiger partial charge in [-0.05, 0) is 25.1 Å². The molecule has 0 saturated carbocycles. The van der Waals surface area contributed by atoms with Crippen molar-refractivity contribution in [2.75, 3.05) is 13.7 Å². The average molecular weight is 314 g/mol. The Bertz CT molecular complexity index is 731. The van der Waals surface area contributed by atoms with E-state index in [-0.39, 0.29) is 11.6 Å². The normalized spacial score (nSPS) is 16.0. The van der Waals surface area contributed by atoms with Crippen LogP contribution in [0, 0.1) is 38.7 Å². The van der Waals surface area contributed by atoms with E-state index in [9.17, 15) is 20.6 Å². The fraction of sp³-hybridized carbons (Fsp3) is 0.333. The van der Waals surface area contributed by atoms with E-state index < -0.39 is 16.8 Å². The van der Waals surface area contributed by atoms with Crippen LogP contribution in [0.1, 0.15) is 18.4 Å². The van der Waals surface area contributed by atoms with Crippen LogP contribution in [0.4, 0.5) is 0 Å². The molecule has 1 N–H and O–H groups in total. The monoisotopic (exact) mass is 314 g/mol. The minimum Gasteiger partial charge on any atom is -0.494 e. The lowest BCUT2D eigenvalue weighted by atomic mass is 9.83. The van der Waals surface area contributed by atoms with Crippen LogP contribution in [-0.2, 0) is 0 Å². The van der Waals surface area contributed by atoms with Gasteiger partial charge in [0.2, 0.25) is 0 Å². The molecule has 2 rings (SSSR count). The van der Waals surface area contributed by atoms with Gasteiger partial charge in [0.1, 0.15) is 17.4 Å². The smallest absolute Gasteiger partial charge is 0.315 e. The molecule has 0 amide bonds. The molecule has 1 aliphatic heterocycles. The maximum Gasteiger partial charge on any atom is 0.315 e. The molecular formula is C15H14N4O4. The zero-order valence-corrected chi connectivity index (χ0v) is 12.6. The molecule has 0 saturated heterocycles. The summed E-state index contributed by atoms with van der Waals surface area (Å²) in [6.07, 6.45) is 0. The van der Waals surface area contributed by atoms with Crippen LogP contribution < -0.4 is 14.8 Å². The van der Waals surface area contributed by atoms with Crippen LogP contribution in [-0.4, -0.2) is 18.6 Å². The third-order valence-corrected chi connectivity index (χ3v) is 3.40. The molecule has 1 aromatic rings. The Labute approximate surface area is 132 Å². The van der Waals surface area contributed by atoms with E-state index in [4.69, 9.17) is 9.47 Å². The van der Waals surface area contributed by atoms with Crippen molar-refractivity contribution in [3.63, 3.8) is 0 Å². The van der Waals surface area contributed by atoms with Crippen molar-refractivity contribution in [2.45, 2.75) is 12.8 Å². The molecule has 0 radical (unpaired) electrons. The molecule has 118 valence electrons. The van der Waals surface area contributed by atoms with Gasteiger partial charge in [0.05, 0.1) is 23.7 Å². The number of benzene rings is 1. The average Bonchev–Trinajstić information content (AvgIpc) is 2.55. The Balaban J connectivity index is 2.67. The molecule has 1 aliphatic rings. The standard InChI is InChI=1S/C15H14N4O4/c1-3-22-10-4-5-12-11(6-10)13(9(7-16)8-17)14(19(20)21)15(18-2)23-12/h4-6,9,13,18H,3H2,1-2H3. The molecule has 1 aromatic carbocycles. The number of nitriles is 2. The number of hydrogen-bond acceptors (Lipinski definition) is 7. The first-order valence-corrected chi connectivity index (χ1v) is 6.87. The first kappa shape index (κ1) is 16.1. The SMILES string of the molecule is CCOc1ccc2c(c1)C(C(C#N)C#N)C([N+](=O)[O-])=C(NC)O2. The highest BCUT2D eigenvalue weighted by molar-refractivity contribution is 5.50. The molecule has 0 bridgehead atoms. The third kappa shape index (κ3) is 2.87. The molecule has 8 heteroatoms. The Morgan fingerprint density at radius 3 is 2.70 bits per heavy atom. The molecule has 0 spiro atoms. The van der Waals surface area contributed by atoms with Gasteiger partial charge in [-0.15, -0.1) is 0 Å². The lowest BCUT2D eigenvalue weighted by molar-refractivity contribution is -0.434. The summed E-state index contributed by atoms with van der Waals surface area (Å²) in [6.45, 7) is 2.23. The molecule has 8 nitrogen and oxygen atoms in total. The van der Waals surface area contributed by atoms with Gasteiger partial charge in [-0.2, -0.15) is 10.5 Å². The predicted octanol–water partition coefficient (Wildman–Crippen LogP) is 1.89. The molecule has 23 heavy (non-hydrogen) atoms. The van der Waals surface area contributed by atoms with Gasteiger partial charge in [0.25, 0.3) is 5.88 Å². The van der Waals surface area contributed by atoms with E-state index in [1.54, 1.807) is 18.2 Å². The first-order chi connectivity index (χ1) is 11.1. The van der Waals surface area contributed by atoms with Crippen LogP contribution in [0.3, 0.4) is 0 Å². The third-order valence-electron chi connectivity index (χ3n) is 3.40. The van der Waals surface area contributed by atoms with Crippen LogP contribution in [0.25, 0.3) is 0 Å². The van der Waals surface area contributed by atoms with Crippen LogP contribution >= 0.6 is 0 Å². The zero-order chi connectivity index (χ0) is 17.0. The highest BCUT2D eigenvalue weighted by Crippen LogP contribution is 2.44. The highest BCUT2D eigenvalue weighted by Gasteiger charge is 2.43. The fourth-order valence-electron chi connectivity index (χ4n) is 2.46. The fourth-order valence-corrected chi connectivity index (χ4v) is 2.46. The summed E-state index contributed by atoms with van der Waals surface area (Å²) < 4.78 is 10.9. The Kier molecular flexibility index (Phi) is 4.67. The maximum absolute atomic E-state index is 11.5. The van der Waals surface area contributed by atoms with E-state index >= 15 is 0 Å². The number of fused-ring (bicyclic) bond motifs is 1. The van der Waals surface area contributed by atoms with Crippen LogP contribution in [0.2, 0.25) is 0 Å². The van der Waals surface area contributed by atoms with Crippen molar-refractivity contribution in [3.8, 4) is 23.6 Å². The lowest BCUT2D eigenvalue weighted by Gasteiger charge is -2.26. The minimum atomic E-state index is -1.22. The summed E-state index contributed by atoms with van der Waals surface area (Å²) in [5.74, 6) is -1.49. The predicted molar refractivity (Wildman–Crippen MR) is 78.8 cm³/mol. The first-order valence-electron chi connectivity index (χ1n) is 6.87. The Hall–Kier alpha value is -3.26. The lowest BCUT2D eigenvalue weighted by Crippen LogP contribution is -2.30. The highest BCUT2D eigenvalue weighted by atomic mass is 16.6. The number of nitrogens with one attached hydrogen (secondary N) is 1. The van der Waals surface area contributed by atoms with E-state index in [1.807, 2.05) is 19.1 Å². The molecule has 1 unspecified atom stereocenters. The quantitative estimate of drug-likeness (QED) is 0.650. The summed E-state index contributed by atoms with van der Waals surface area (Å²) in [7, 11) is 1.48. The number of allylic oxidation sites excluding steroid dienone is 1. The van der Waals surface area contributed by atoms with Crippen molar-refractivity contribution in [1.82, 2.24) is 5.32 Å². The number of ether oxygens (including phenoxy) is 2. The molecular weight excluding hydrogens is 300 g/mol. The van der Waals surface area contributed by atoms with E-state index in [1.165, 1.54) is 7.05 Å². The van der Waals surface area contributed by atoms with E-state index in [0.717, 1.165) is 0 Å². The summed E-state index contributed by atoms with van der Waals surface area (Å²) in [5.41, 5.74) is 0.0384. The number of nitro groups is 1. The summed E-state index contributed by atoms with van der Waals surface area (Å²) in [5, 5.41) is 32.5. The van der Waals surface area contributed by atoms with Crippen molar-refractivity contribution in [1.29, 1.82) is 10.5 Å². The maximum atomic E-state index is 11.5.